The van der Waals surface area contributed by atoms with Gasteiger partial charge in [-0.1, -0.05) is 6.92 Å². The molecule has 112 valence electrons. The first-order valence-corrected chi connectivity index (χ1v) is 8.22. The molecular formula is C15H25N3OS. The molecule has 1 fully saturated rings. The minimum absolute atomic E-state index is 0.196. The Kier molecular flexibility index (Phi) is 5.57. The van der Waals surface area contributed by atoms with Gasteiger partial charge in [0.1, 0.15) is 0 Å². The largest absolute Gasteiger partial charge is 0.340 e. The number of thiophene rings is 1. The van der Waals surface area contributed by atoms with Crippen molar-refractivity contribution in [1.82, 2.24) is 9.80 Å². The minimum Gasteiger partial charge on any atom is -0.340 e. The van der Waals surface area contributed by atoms with Gasteiger partial charge in [0.25, 0.3) is 0 Å². The van der Waals surface area contributed by atoms with Crippen LogP contribution in [0, 0.1) is 11.8 Å². The lowest BCUT2D eigenvalue weighted by molar-refractivity contribution is -0.132. The van der Waals surface area contributed by atoms with Crippen molar-refractivity contribution in [3.63, 3.8) is 0 Å². The first-order chi connectivity index (χ1) is 9.60. The number of likely N-dealkylation sites (N-methyl/N-ethyl adjacent to an activating group) is 1. The number of nitrogens with two attached hydrogens (primary N) is 1. The molecule has 2 heterocycles. The number of nitrogens with zero attached hydrogens (tertiary/aromatic N) is 2. The van der Waals surface area contributed by atoms with Gasteiger partial charge < -0.3 is 10.6 Å². The van der Waals surface area contributed by atoms with Crippen molar-refractivity contribution in [3.8, 4) is 0 Å². The van der Waals surface area contributed by atoms with E-state index in [9.17, 15) is 4.79 Å². The second-order valence-corrected chi connectivity index (χ2v) is 6.66. The summed E-state index contributed by atoms with van der Waals surface area (Å²) in [4.78, 5) is 16.3. The quantitative estimate of drug-likeness (QED) is 0.898. The summed E-state index contributed by atoms with van der Waals surface area (Å²) in [5.74, 6) is 1.40. The first kappa shape index (κ1) is 15.5. The molecular weight excluding hydrogens is 270 g/mol. The molecule has 0 radical (unpaired) electrons. The van der Waals surface area contributed by atoms with Crippen LogP contribution in [0.15, 0.2) is 16.8 Å². The molecule has 0 spiro atoms. The van der Waals surface area contributed by atoms with E-state index in [0.717, 1.165) is 26.1 Å². The van der Waals surface area contributed by atoms with E-state index in [0.29, 0.717) is 24.9 Å². The average molecular weight is 295 g/mol. The molecule has 1 aromatic rings. The van der Waals surface area contributed by atoms with Crippen molar-refractivity contribution in [1.29, 1.82) is 0 Å². The van der Waals surface area contributed by atoms with Gasteiger partial charge >= 0.3 is 0 Å². The minimum atomic E-state index is 0.196. The van der Waals surface area contributed by atoms with Gasteiger partial charge in [0.2, 0.25) is 5.91 Å². The van der Waals surface area contributed by atoms with E-state index in [1.165, 1.54) is 5.56 Å². The summed E-state index contributed by atoms with van der Waals surface area (Å²) in [6.45, 7) is 6.16. The van der Waals surface area contributed by atoms with E-state index in [1.54, 1.807) is 11.3 Å². The number of piperidine rings is 1. The number of rotatable bonds is 5. The molecule has 1 aromatic heterocycles. The molecule has 20 heavy (non-hydrogen) atoms. The third kappa shape index (κ3) is 4.04. The van der Waals surface area contributed by atoms with Gasteiger partial charge in [0, 0.05) is 20.1 Å². The lowest BCUT2D eigenvalue weighted by atomic mass is 9.87. The monoisotopic (exact) mass is 295 g/mol. The Morgan fingerprint density at radius 1 is 1.60 bits per heavy atom. The number of amides is 1. The van der Waals surface area contributed by atoms with Crippen molar-refractivity contribution in [3.05, 3.63) is 22.4 Å². The lowest BCUT2D eigenvalue weighted by Crippen LogP contribution is -2.46. The van der Waals surface area contributed by atoms with Crippen LogP contribution in [0.5, 0.6) is 0 Å². The van der Waals surface area contributed by atoms with Crippen LogP contribution in [-0.4, -0.2) is 48.9 Å². The topological polar surface area (TPSA) is 49.6 Å². The Balaban J connectivity index is 1.81. The van der Waals surface area contributed by atoms with Crippen LogP contribution >= 0.6 is 11.3 Å². The highest BCUT2D eigenvalue weighted by Crippen LogP contribution is 2.22. The highest BCUT2D eigenvalue weighted by Gasteiger charge is 2.26. The first-order valence-electron chi connectivity index (χ1n) is 7.27. The second kappa shape index (κ2) is 7.20. The van der Waals surface area contributed by atoms with Gasteiger partial charge in [0.05, 0.1) is 6.54 Å². The van der Waals surface area contributed by atoms with Gasteiger partial charge in [-0.25, -0.2) is 0 Å². The van der Waals surface area contributed by atoms with Gasteiger partial charge in [-0.05, 0) is 53.7 Å². The molecule has 0 saturated carbocycles. The number of likely N-dealkylation sites (tertiary alicyclic amines) is 1. The Hall–Kier alpha value is -0.910. The number of carbonyl (C=O) groups excluding carboxylic acids is 1. The average Bonchev–Trinajstić information content (AvgIpc) is 2.93. The van der Waals surface area contributed by atoms with Crippen LogP contribution < -0.4 is 5.73 Å². The second-order valence-electron chi connectivity index (χ2n) is 5.88. The summed E-state index contributed by atoms with van der Waals surface area (Å²) >= 11 is 1.67. The highest BCUT2D eigenvalue weighted by molar-refractivity contribution is 7.07. The Labute approximate surface area is 125 Å². The molecule has 2 atom stereocenters. The SMILES string of the molecule is CC1CCN(CC(=O)N(C)Cc2ccsc2)CC1CN. The number of carbonyl (C=O) groups is 1. The van der Waals surface area contributed by atoms with Crippen molar-refractivity contribution in [2.24, 2.45) is 17.6 Å². The van der Waals surface area contributed by atoms with E-state index >= 15 is 0 Å². The summed E-state index contributed by atoms with van der Waals surface area (Å²) in [5, 5.41) is 4.14. The molecule has 0 bridgehead atoms. The molecule has 1 amide bonds. The van der Waals surface area contributed by atoms with Crippen molar-refractivity contribution in [2.45, 2.75) is 19.9 Å². The number of hydrogen-bond acceptors (Lipinski definition) is 4. The summed E-state index contributed by atoms with van der Waals surface area (Å²) in [5.41, 5.74) is 7.02. The molecule has 1 aliphatic rings. The lowest BCUT2D eigenvalue weighted by Gasteiger charge is -2.36. The summed E-state index contributed by atoms with van der Waals surface area (Å²) < 4.78 is 0. The third-order valence-electron chi connectivity index (χ3n) is 4.29. The van der Waals surface area contributed by atoms with Crippen molar-refractivity contribution in [2.75, 3.05) is 33.2 Å². The predicted octanol–water partition coefficient (Wildman–Crippen LogP) is 1.62. The molecule has 5 heteroatoms. The third-order valence-corrected chi connectivity index (χ3v) is 5.02. The fourth-order valence-electron chi connectivity index (χ4n) is 2.73. The zero-order valence-electron chi connectivity index (χ0n) is 12.4. The van der Waals surface area contributed by atoms with E-state index in [2.05, 4.69) is 23.3 Å². The Morgan fingerprint density at radius 2 is 2.40 bits per heavy atom. The smallest absolute Gasteiger partial charge is 0.236 e. The molecule has 4 nitrogen and oxygen atoms in total. The normalized spacial score (nSPS) is 23.8. The molecule has 2 N–H and O–H groups in total. The van der Waals surface area contributed by atoms with Crippen molar-refractivity contribution < 1.29 is 4.79 Å². The summed E-state index contributed by atoms with van der Waals surface area (Å²) in [6, 6.07) is 2.07. The zero-order chi connectivity index (χ0) is 14.5. The van der Waals surface area contributed by atoms with Crippen LogP contribution in [0.4, 0.5) is 0 Å². The molecule has 2 unspecified atom stereocenters. The zero-order valence-corrected chi connectivity index (χ0v) is 13.2. The van der Waals surface area contributed by atoms with Gasteiger partial charge in [-0.3, -0.25) is 9.69 Å². The Morgan fingerprint density at radius 3 is 3.05 bits per heavy atom. The maximum absolute atomic E-state index is 12.3. The maximum Gasteiger partial charge on any atom is 0.236 e. The molecule has 1 aliphatic heterocycles. The molecule has 0 aromatic carbocycles. The van der Waals surface area contributed by atoms with E-state index in [1.807, 2.05) is 17.3 Å². The van der Waals surface area contributed by atoms with Crippen LogP contribution in [0.2, 0.25) is 0 Å². The fraction of sp³-hybridized carbons (Fsp3) is 0.667. The predicted molar refractivity (Wildman–Crippen MR) is 83.6 cm³/mol. The van der Waals surface area contributed by atoms with Crippen LogP contribution in [0.3, 0.4) is 0 Å². The van der Waals surface area contributed by atoms with E-state index in [4.69, 9.17) is 5.73 Å². The van der Waals surface area contributed by atoms with E-state index < -0.39 is 0 Å². The summed E-state index contributed by atoms with van der Waals surface area (Å²) in [7, 11) is 1.88. The van der Waals surface area contributed by atoms with Gasteiger partial charge in [-0.15, -0.1) is 0 Å². The van der Waals surface area contributed by atoms with Gasteiger partial charge in [-0.2, -0.15) is 11.3 Å². The summed E-state index contributed by atoms with van der Waals surface area (Å²) in [6.07, 6.45) is 1.14. The van der Waals surface area contributed by atoms with Crippen molar-refractivity contribution >= 4 is 17.2 Å². The Bertz CT molecular complexity index is 421. The highest BCUT2D eigenvalue weighted by atomic mass is 32.1. The standard InChI is InChI=1S/C15H25N3OS/c1-12-3-5-18(9-14(12)7-16)10-15(19)17(2)8-13-4-6-20-11-13/h4,6,11-12,14H,3,5,7-10,16H2,1-2H3. The number of hydrogen-bond donors (Lipinski definition) is 1. The molecule has 2 rings (SSSR count). The molecule has 0 aliphatic carbocycles. The van der Waals surface area contributed by atoms with Gasteiger partial charge in [0.15, 0.2) is 0 Å². The van der Waals surface area contributed by atoms with E-state index in [-0.39, 0.29) is 5.91 Å². The van der Waals surface area contributed by atoms with Crippen LogP contribution in [0.1, 0.15) is 18.9 Å². The van der Waals surface area contributed by atoms with Crippen LogP contribution in [0.25, 0.3) is 0 Å². The van der Waals surface area contributed by atoms with Crippen LogP contribution in [-0.2, 0) is 11.3 Å². The fourth-order valence-corrected chi connectivity index (χ4v) is 3.39. The molecule has 1 saturated heterocycles. The maximum atomic E-state index is 12.3.